The molecule has 1 aliphatic rings. The van der Waals surface area contributed by atoms with Gasteiger partial charge in [-0.3, -0.25) is 4.79 Å². The van der Waals surface area contributed by atoms with Crippen LogP contribution < -0.4 is 5.32 Å². The average Bonchev–Trinajstić information content (AvgIpc) is 2.39. The van der Waals surface area contributed by atoms with Crippen LogP contribution >= 0.6 is 0 Å². The van der Waals surface area contributed by atoms with Crippen LogP contribution in [-0.4, -0.2) is 49.2 Å². The summed E-state index contributed by atoms with van der Waals surface area (Å²) >= 11 is 0. The van der Waals surface area contributed by atoms with Crippen LogP contribution in [0.1, 0.15) is 40.0 Å². The Labute approximate surface area is 105 Å². The molecule has 1 fully saturated rings. The molecule has 1 heterocycles. The van der Waals surface area contributed by atoms with E-state index in [0.29, 0.717) is 12.5 Å². The first-order valence-electron chi connectivity index (χ1n) is 6.66. The summed E-state index contributed by atoms with van der Waals surface area (Å²) in [6.07, 6.45) is 2.80. The van der Waals surface area contributed by atoms with E-state index in [4.69, 9.17) is 4.74 Å². The topological polar surface area (TPSA) is 41.6 Å². The first-order valence-corrected chi connectivity index (χ1v) is 6.66. The van der Waals surface area contributed by atoms with Crippen LogP contribution in [0.5, 0.6) is 0 Å². The SMILES string of the molecule is CCN(C(=O)C(C)(CC)OC)C1CCNCC1. The van der Waals surface area contributed by atoms with Gasteiger partial charge in [-0.2, -0.15) is 0 Å². The second-order valence-corrected chi connectivity index (χ2v) is 4.86. The molecule has 1 unspecified atom stereocenters. The van der Waals surface area contributed by atoms with Crippen LogP contribution in [0.4, 0.5) is 0 Å². The molecule has 0 aromatic carbocycles. The van der Waals surface area contributed by atoms with Crippen molar-refractivity contribution in [1.29, 1.82) is 0 Å². The molecule has 1 rings (SSSR count). The first-order chi connectivity index (χ1) is 8.09. The molecule has 1 aliphatic heterocycles. The highest BCUT2D eigenvalue weighted by Gasteiger charge is 2.37. The van der Waals surface area contributed by atoms with Crippen molar-refractivity contribution in [3.8, 4) is 0 Å². The summed E-state index contributed by atoms with van der Waals surface area (Å²) in [5, 5.41) is 3.33. The molecule has 0 spiro atoms. The second-order valence-electron chi connectivity index (χ2n) is 4.86. The predicted octanol–water partition coefficient (Wildman–Crippen LogP) is 1.40. The van der Waals surface area contributed by atoms with E-state index in [1.807, 2.05) is 25.7 Å². The Morgan fingerprint density at radius 3 is 2.41 bits per heavy atom. The number of ether oxygens (including phenoxy) is 1. The predicted molar refractivity (Wildman–Crippen MR) is 69.0 cm³/mol. The second kappa shape index (κ2) is 6.36. The summed E-state index contributed by atoms with van der Waals surface area (Å²) in [5.74, 6) is 0.136. The van der Waals surface area contributed by atoms with E-state index in [0.717, 1.165) is 32.5 Å². The van der Waals surface area contributed by atoms with E-state index in [2.05, 4.69) is 5.32 Å². The number of nitrogens with zero attached hydrogens (tertiary/aromatic N) is 1. The number of piperidine rings is 1. The van der Waals surface area contributed by atoms with E-state index in [9.17, 15) is 4.79 Å². The Hall–Kier alpha value is -0.610. The molecule has 100 valence electrons. The Kier molecular flexibility index (Phi) is 5.40. The number of hydrogen-bond acceptors (Lipinski definition) is 3. The molecule has 0 aromatic heterocycles. The summed E-state index contributed by atoms with van der Waals surface area (Å²) in [7, 11) is 1.62. The van der Waals surface area contributed by atoms with E-state index >= 15 is 0 Å². The third-order valence-electron chi connectivity index (χ3n) is 3.93. The first kappa shape index (κ1) is 14.5. The lowest BCUT2D eigenvalue weighted by molar-refractivity contribution is -0.156. The lowest BCUT2D eigenvalue weighted by Gasteiger charge is -2.39. The standard InChI is InChI=1S/C13H26N2O2/c1-5-13(3,17-4)12(16)15(6-2)11-7-9-14-10-8-11/h11,14H,5-10H2,1-4H3. The van der Waals surface area contributed by atoms with Gasteiger partial charge in [0.05, 0.1) is 0 Å². The minimum Gasteiger partial charge on any atom is -0.369 e. The van der Waals surface area contributed by atoms with Crippen molar-refractivity contribution in [3.63, 3.8) is 0 Å². The maximum Gasteiger partial charge on any atom is 0.254 e. The zero-order chi connectivity index (χ0) is 12.9. The Morgan fingerprint density at radius 1 is 1.41 bits per heavy atom. The third-order valence-corrected chi connectivity index (χ3v) is 3.93. The van der Waals surface area contributed by atoms with Crippen LogP contribution in [0.15, 0.2) is 0 Å². The number of carbonyl (C=O) groups is 1. The van der Waals surface area contributed by atoms with Gasteiger partial charge < -0.3 is 15.0 Å². The Morgan fingerprint density at radius 2 is 2.00 bits per heavy atom. The van der Waals surface area contributed by atoms with Gasteiger partial charge in [-0.1, -0.05) is 6.92 Å². The fourth-order valence-corrected chi connectivity index (χ4v) is 2.37. The fourth-order valence-electron chi connectivity index (χ4n) is 2.37. The maximum atomic E-state index is 12.5. The summed E-state index contributed by atoms with van der Waals surface area (Å²) in [6, 6.07) is 0.370. The summed E-state index contributed by atoms with van der Waals surface area (Å²) in [6.45, 7) is 8.71. The summed E-state index contributed by atoms with van der Waals surface area (Å²) < 4.78 is 5.42. The Balaban J connectivity index is 2.74. The highest BCUT2D eigenvalue weighted by molar-refractivity contribution is 5.85. The van der Waals surface area contributed by atoms with Gasteiger partial charge in [0, 0.05) is 19.7 Å². The highest BCUT2D eigenvalue weighted by Crippen LogP contribution is 2.22. The van der Waals surface area contributed by atoms with Crippen LogP contribution in [0.25, 0.3) is 0 Å². The van der Waals surface area contributed by atoms with Crippen molar-refractivity contribution >= 4 is 5.91 Å². The molecule has 0 aliphatic carbocycles. The molecule has 1 N–H and O–H groups in total. The molecule has 1 amide bonds. The van der Waals surface area contributed by atoms with Crippen LogP contribution in [0, 0.1) is 0 Å². The van der Waals surface area contributed by atoms with Crippen LogP contribution in [-0.2, 0) is 9.53 Å². The molecule has 1 atom stereocenters. The van der Waals surface area contributed by atoms with Crippen LogP contribution in [0.3, 0.4) is 0 Å². The number of rotatable bonds is 5. The number of carbonyl (C=O) groups excluding carboxylic acids is 1. The van der Waals surface area contributed by atoms with Crippen molar-refractivity contribution in [2.45, 2.75) is 51.7 Å². The molecular weight excluding hydrogens is 216 g/mol. The van der Waals surface area contributed by atoms with Crippen molar-refractivity contribution in [2.75, 3.05) is 26.7 Å². The highest BCUT2D eigenvalue weighted by atomic mass is 16.5. The lowest BCUT2D eigenvalue weighted by atomic mass is 9.97. The van der Waals surface area contributed by atoms with Crippen molar-refractivity contribution in [1.82, 2.24) is 10.2 Å². The van der Waals surface area contributed by atoms with Gasteiger partial charge in [0.15, 0.2) is 0 Å². The number of amides is 1. The molecule has 0 radical (unpaired) electrons. The van der Waals surface area contributed by atoms with Gasteiger partial charge in [-0.05, 0) is 46.2 Å². The number of nitrogens with one attached hydrogen (secondary N) is 1. The van der Waals surface area contributed by atoms with E-state index in [1.54, 1.807) is 7.11 Å². The van der Waals surface area contributed by atoms with E-state index in [1.165, 1.54) is 0 Å². The Bertz CT molecular complexity index is 246. The molecule has 17 heavy (non-hydrogen) atoms. The molecule has 0 saturated carbocycles. The van der Waals surface area contributed by atoms with Crippen molar-refractivity contribution in [3.05, 3.63) is 0 Å². The smallest absolute Gasteiger partial charge is 0.254 e. The minimum absolute atomic E-state index is 0.136. The van der Waals surface area contributed by atoms with Gasteiger partial charge in [-0.25, -0.2) is 0 Å². The maximum absolute atomic E-state index is 12.5. The average molecular weight is 242 g/mol. The van der Waals surface area contributed by atoms with Gasteiger partial charge >= 0.3 is 0 Å². The van der Waals surface area contributed by atoms with Gasteiger partial charge in [0.2, 0.25) is 0 Å². The van der Waals surface area contributed by atoms with Gasteiger partial charge in [0.25, 0.3) is 5.91 Å². The number of hydrogen-bond donors (Lipinski definition) is 1. The monoisotopic (exact) mass is 242 g/mol. The molecule has 0 aromatic rings. The molecule has 4 heteroatoms. The quantitative estimate of drug-likeness (QED) is 0.792. The zero-order valence-corrected chi connectivity index (χ0v) is 11.6. The fraction of sp³-hybridized carbons (Fsp3) is 0.923. The molecule has 0 bridgehead atoms. The zero-order valence-electron chi connectivity index (χ0n) is 11.6. The molecule has 1 saturated heterocycles. The van der Waals surface area contributed by atoms with Crippen molar-refractivity contribution in [2.24, 2.45) is 0 Å². The van der Waals surface area contributed by atoms with Crippen LogP contribution in [0.2, 0.25) is 0 Å². The minimum atomic E-state index is -0.666. The lowest BCUT2D eigenvalue weighted by Crippen LogP contribution is -2.54. The van der Waals surface area contributed by atoms with Crippen molar-refractivity contribution < 1.29 is 9.53 Å². The van der Waals surface area contributed by atoms with E-state index < -0.39 is 5.60 Å². The normalized spacial score (nSPS) is 20.9. The number of methoxy groups -OCH3 is 1. The molecular formula is C13H26N2O2. The summed E-state index contributed by atoms with van der Waals surface area (Å²) in [5.41, 5.74) is -0.666. The largest absolute Gasteiger partial charge is 0.369 e. The summed E-state index contributed by atoms with van der Waals surface area (Å²) in [4.78, 5) is 14.5. The van der Waals surface area contributed by atoms with Gasteiger partial charge in [0.1, 0.15) is 5.60 Å². The van der Waals surface area contributed by atoms with Gasteiger partial charge in [-0.15, -0.1) is 0 Å². The van der Waals surface area contributed by atoms with E-state index in [-0.39, 0.29) is 5.91 Å². The third kappa shape index (κ3) is 3.19. The number of likely N-dealkylation sites (N-methyl/N-ethyl adjacent to an activating group) is 1. The molecule has 4 nitrogen and oxygen atoms in total.